The van der Waals surface area contributed by atoms with Gasteiger partial charge in [-0.15, -0.1) is 11.3 Å². The molecule has 8 heteroatoms. The van der Waals surface area contributed by atoms with Crippen molar-refractivity contribution in [2.45, 2.75) is 6.18 Å². The van der Waals surface area contributed by atoms with Gasteiger partial charge in [0.15, 0.2) is 5.69 Å². The van der Waals surface area contributed by atoms with Crippen molar-refractivity contribution in [3.8, 4) is 0 Å². The molecular formula is C8H3F3N2O2S. The van der Waals surface area contributed by atoms with E-state index in [1.807, 2.05) is 0 Å². The third kappa shape index (κ3) is 1.60. The Morgan fingerprint density at radius 2 is 2.06 bits per heavy atom. The van der Waals surface area contributed by atoms with E-state index in [9.17, 15) is 18.0 Å². The predicted octanol–water partition coefficient (Wildman–Crippen LogP) is 2.41. The molecule has 0 saturated heterocycles. The van der Waals surface area contributed by atoms with Crippen LogP contribution in [0.2, 0.25) is 0 Å². The highest BCUT2D eigenvalue weighted by Gasteiger charge is 2.36. The Hall–Kier alpha value is -1.70. The molecule has 2 rings (SSSR count). The van der Waals surface area contributed by atoms with Crippen molar-refractivity contribution in [2.24, 2.45) is 0 Å². The normalized spacial score (nSPS) is 11.9. The van der Waals surface area contributed by atoms with Crippen molar-refractivity contribution >= 4 is 27.5 Å². The summed E-state index contributed by atoms with van der Waals surface area (Å²) in [6, 6.07) is 0. The zero-order chi connectivity index (χ0) is 11.9. The summed E-state index contributed by atoms with van der Waals surface area (Å²) in [5, 5.41) is 9.85. The highest BCUT2D eigenvalue weighted by molar-refractivity contribution is 7.17. The number of aromatic nitrogens is 2. The maximum atomic E-state index is 12.5. The molecule has 0 aliphatic heterocycles. The van der Waals surface area contributed by atoms with Gasteiger partial charge in [-0.05, 0) is 0 Å². The van der Waals surface area contributed by atoms with Crippen LogP contribution in [0.4, 0.5) is 13.2 Å². The highest BCUT2D eigenvalue weighted by Crippen LogP contribution is 2.36. The van der Waals surface area contributed by atoms with Crippen molar-refractivity contribution in [1.29, 1.82) is 0 Å². The van der Waals surface area contributed by atoms with Gasteiger partial charge in [0.25, 0.3) is 0 Å². The van der Waals surface area contributed by atoms with Crippen LogP contribution in [-0.2, 0) is 6.18 Å². The van der Waals surface area contributed by atoms with Gasteiger partial charge >= 0.3 is 12.1 Å². The number of alkyl halides is 3. The van der Waals surface area contributed by atoms with E-state index in [1.54, 1.807) is 0 Å². The lowest BCUT2D eigenvalue weighted by Crippen LogP contribution is -2.08. The Morgan fingerprint density at radius 3 is 2.62 bits per heavy atom. The molecule has 0 radical (unpaired) electrons. The van der Waals surface area contributed by atoms with Crippen LogP contribution in [-0.4, -0.2) is 21.0 Å². The lowest BCUT2D eigenvalue weighted by Gasteiger charge is -2.05. The number of fused-ring (bicyclic) bond motifs is 1. The molecule has 0 fully saturated rings. The first kappa shape index (κ1) is 10.8. The molecule has 0 atom stereocenters. The summed E-state index contributed by atoms with van der Waals surface area (Å²) in [5.41, 5.74) is -1.53. The smallest absolute Gasteiger partial charge is 0.434 e. The highest BCUT2D eigenvalue weighted by atomic mass is 32.1. The quantitative estimate of drug-likeness (QED) is 0.841. The van der Waals surface area contributed by atoms with Crippen LogP contribution in [0.1, 0.15) is 16.1 Å². The molecule has 0 saturated carbocycles. The molecule has 0 unspecified atom stereocenters. The van der Waals surface area contributed by atoms with E-state index in [0.717, 1.165) is 5.38 Å². The molecule has 1 N–H and O–H groups in total. The van der Waals surface area contributed by atoms with Crippen molar-refractivity contribution in [2.75, 3.05) is 0 Å². The number of thiophene rings is 1. The van der Waals surface area contributed by atoms with Gasteiger partial charge in [-0.3, -0.25) is 0 Å². The molecule has 0 aromatic carbocycles. The molecule has 2 aromatic heterocycles. The largest absolute Gasteiger partial charge is 0.478 e. The Bertz CT molecular complexity index is 564. The molecule has 16 heavy (non-hydrogen) atoms. The molecule has 0 spiro atoms. The summed E-state index contributed by atoms with van der Waals surface area (Å²) < 4.78 is 37.2. The molecule has 0 aliphatic rings. The van der Waals surface area contributed by atoms with Gasteiger partial charge in [0.05, 0.1) is 15.8 Å². The molecule has 2 aromatic rings. The average Bonchev–Trinajstić information content (AvgIpc) is 2.58. The zero-order valence-corrected chi connectivity index (χ0v) is 8.26. The summed E-state index contributed by atoms with van der Waals surface area (Å²) in [5.74, 6) is -1.31. The van der Waals surface area contributed by atoms with E-state index in [0.29, 0.717) is 17.7 Å². The summed E-state index contributed by atoms with van der Waals surface area (Å²) in [7, 11) is 0. The minimum atomic E-state index is -4.61. The van der Waals surface area contributed by atoms with Gasteiger partial charge in [-0.2, -0.15) is 13.2 Å². The predicted molar refractivity (Wildman–Crippen MR) is 49.4 cm³/mol. The van der Waals surface area contributed by atoms with E-state index in [1.165, 1.54) is 0 Å². The molecule has 2 heterocycles. The first-order valence-corrected chi connectivity index (χ1v) is 4.82. The van der Waals surface area contributed by atoms with Gasteiger partial charge in [0.2, 0.25) is 0 Å². The lowest BCUT2D eigenvalue weighted by molar-refractivity contribution is -0.139. The minimum absolute atomic E-state index is 0.181. The van der Waals surface area contributed by atoms with Gasteiger partial charge in [0.1, 0.15) is 6.33 Å². The average molecular weight is 248 g/mol. The van der Waals surface area contributed by atoms with E-state index < -0.39 is 17.8 Å². The van der Waals surface area contributed by atoms with E-state index in [4.69, 9.17) is 5.11 Å². The molecule has 84 valence electrons. The number of hydrogen-bond acceptors (Lipinski definition) is 4. The third-order valence-corrected chi connectivity index (χ3v) is 2.83. The summed E-state index contributed by atoms with van der Waals surface area (Å²) in [6.45, 7) is 0. The van der Waals surface area contributed by atoms with E-state index in [2.05, 4.69) is 9.97 Å². The Labute approximate surface area is 90.4 Å². The minimum Gasteiger partial charge on any atom is -0.478 e. The molecule has 0 aliphatic carbocycles. The molecule has 0 bridgehead atoms. The number of hydrogen-bond donors (Lipinski definition) is 1. The number of carbonyl (C=O) groups is 1. The second-order valence-electron chi connectivity index (χ2n) is 2.85. The lowest BCUT2D eigenvalue weighted by atomic mass is 10.2. The van der Waals surface area contributed by atoms with Crippen LogP contribution in [0.25, 0.3) is 10.2 Å². The van der Waals surface area contributed by atoms with Crippen LogP contribution in [0.3, 0.4) is 0 Å². The van der Waals surface area contributed by atoms with Crippen LogP contribution in [0, 0.1) is 0 Å². The number of aromatic carboxylic acids is 1. The zero-order valence-electron chi connectivity index (χ0n) is 7.45. The van der Waals surface area contributed by atoms with Gasteiger partial charge in [-0.25, -0.2) is 14.8 Å². The van der Waals surface area contributed by atoms with Gasteiger partial charge < -0.3 is 5.11 Å². The first-order valence-electron chi connectivity index (χ1n) is 3.94. The van der Waals surface area contributed by atoms with Crippen molar-refractivity contribution in [3.63, 3.8) is 0 Å². The number of carboxylic acid groups (broad SMARTS) is 1. The molecular weight excluding hydrogens is 245 g/mol. The summed E-state index contributed by atoms with van der Waals surface area (Å²) in [6.07, 6.45) is -3.90. The standard InChI is InChI=1S/C8H3F3N2O2S/c9-8(10,11)6-5-4(12-2-13-6)3(1-16-5)7(14)15/h1-2H,(H,14,15). The van der Waals surface area contributed by atoms with Gasteiger partial charge in [-0.1, -0.05) is 0 Å². The number of nitrogens with zero attached hydrogens (tertiary/aromatic N) is 2. The monoisotopic (exact) mass is 248 g/mol. The van der Waals surface area contributed by atoms with Gasteiger partial charge in [0, 0.05) is 5.38 Å². The summed E-state index contributed by atoms with van der Waals surface area (Å²) >= 11 is 0.670. The second kappa shape index (κ2) is 3.41. The number of halogens is 3. The Balaban J connectivity index is 2.77. The molecule has 4 nitrogen and oxygen atoms in total. The van der Waals surface area contributed by atoms with Crippen LogP contribution in [0.5, 0.6) is 0 Å². The van der Waals surface area contributed by atoms with E-state index >= 15 is 0 Å². The fraction of sp³-hybridized carbons (Fsp3) is 0.125. The van der Waals surface area contributed by atoms with Crippen LogP contribution in [0.15, 0.2) is 11.7 Å². The van der Waals surface area contributed by atoms with Crippen LogP contribution < -0.4 is 0 Å². The SMILES string of the molecule is O=C(O)c1csc2c(C(F)(F)F)ncnc12. The number of rotatable bonds is 1. The maximum Gasteiger partial charge on any atom is 0.434 e. The fourth-order valence-electron chi connectivity index (χ4n) is 1.20. The number of carboxylic acids is 1. The Kier molecular flexibility index (Phi) is 2.30. The van der Waals surface area contributed by atoms with Crippen LogP contribution >= 0.6 is 11.3 Å². The van der Waals surface area contributed by atoms with E-state index in [-0.39, 0.29) is 15.8 Å². The second-order valence-corrected chi connectivity index (χ2v) is 3.73. The Morgan fingerprint density at radius 1 is 1.38 bits per heavy atom. The fourth-order valence-corrected chi connectivity index (χ4v) is 2.21. The van der Waals surface area contributed by atoms with Crippen molar-refractivity contribution < 1.29 is 23.1 Å². The third-order valence-electron chi connectivity index (χ3n) is 1.85. The van der Waals surface area contributed by atoms with Crippen molar-refractivity contribution in [1.82, 2.24) is 9.97 Å². The summed E-state index contributed by atoms with van der Waals surface area (Å²) in [4.78, 5) is 17.4. The molecule has 0 amide bonds. The topological polar surface area (TPSA) is 63.1 Å². The van der Waals surface area contributed by atoms with Crippen molar-refractivity contribution in [3.05, 3.63) is 23.0 Å². The first-order chi connectivity index (χ1) is 7.41. The maximum absolute atomic E-state index is 12.5.